The quantitative estimate of drug-likeness (QED) is 0.624. The van der Waals surface area contributed by atoms with Crippen LogP contribution in [0.4, 0.5) is 0 Å². The molecule has 2 atom stereocenters. The van der Waals surface area contributed by atoms with E-state index in [9.17, 15) is 9.59 Å². The second-order valence-electron chi connectivity index (χ2n) is 6.13. The van der Waals surface area contributed by atoms with Gasteiger partial charge in [-0.2, -0.15) is 0 Å². The van der Waals surface area contributed by atoms with Gasteiger partial charge in [-0.1, -0.05) is 0 Å². The lowest BCUT2D eigenvalue weighted by atomic mass is 10.1. The van der Waals surface area contributed by atoms with E-state index in [0.29, 0.717) is 26.1 Å². The molecule has 0 saturated carbocycles. The fourth-order valence-corrected chi connectivity index (χ4v) is 2.75. The molecule has 126 valence electrons. The zero-order valence-corrected chi connectivity index (χ0v) is 13.6. The Hall–Kier alpha value is -1.18. The van der Waals surface area contributed by atoms with Gasteiger partial charge < -0.3 is 20.3 Å². The van der Waals surface area contributed by atoms with E-state index in [2.05, 4.69) is 15.5 Å². The number of likely N-dealkylation sites (tertiary alicyclic amines) is 1. The summed E-state index contributed by atoms with van der Waals surface area (Å²) in [5, 5.41) is 5.99. The average molecular weight is 312 g/mol. The fourth-order valence-electron chi connectivity index (χ4n) is 2.75. The molecule has 0 aromatic rings. The maximum Gasteiger partial charge on any atom is 0.225 e. The number of likely N-dealkylation sites (N-methyl/N-ethyl adjacent to an activating group) is 1. The molecule has 0 aromatic carbocycles. The largest absolute Gasteiger partial charge is 0.379 e. The van der Waals surface area contributed by atoms with Gasteiger partial charge in [0.05, 0.1) is 19.1 Å². The number of hydrogen-bond acceptors (Lipinski definition) is 5. The molecule has 0 aromatic heterocycles. The number of amides is 2. The van der Waals surface area contributed by atoms with Crippen LogP contribution in [0.25, 0.3) is 0 Å². The zero-order valence-electron chi connectivity index (χ0n) is 13.6. The number of nitrogens with one attached hydrogen (secondary N) is 2. The van der Waals surface area contributed by atoms with Gasteiger partial charge in [0.15, 0.2) is 0 Å². The standard InChI is InChI=1S/C15H28N4O3/c1-12(16-2)10-17-15(21)13-9-14(20)19(11-13)4-3-18-5-7-22-8-6-18/h12-13,16H,3-11H2,1-2H3,(H,17,21). The maximum atomic E-state index is 12.1. The number of nitrogens with zero attached hydrogens (tertiary/aromatic N) is 2. The average Bonchev–Trinajstić information content (AvgIpc) is 2.92. The Labute approximate surface area is 132 Å². The highest BCUT2D eigenvalue weighted by Gasteiger charge is 2.34. The molecule has 22 heavy (non-hydrogen) atoms. The number of ether oxygens (including phenoxy) is 1. The number of carbonyl (C=O) groups excluding carboxylic acids is 2. The second-order valence-corrected chi connectivity index (χ2v) is 6.13. The van der Waals surface area contributed by atoms with Crippen LogP contribution in [0.2, 0.25) is 0 Å². The van der Waals surface area contributed by atoms with Gasteiger partial charge in [-0.3, -0.25) is 14.5 Å². The first-order chi connectivity index (χ1) is 10.6. The molecular weight excluding hydrogens is 284 g/mol. The van der Waals surface area contributed by atoms with E-state index in [4.69, 9.17) is 4.74 Å². The van der Waals surface area contributed by atoms with E-state index in [1.807, 2.05) is 18.9 Å². The molecule has 7 nitrogen and oxygen atoms in total. The van der Waals surface area contributed by atoms with E-state index < -0.39 is 0 Å². The molecule has 2 aliphatic heterocycles. The van der Waals surface area contributed by atoms with E-state index in [0.717, 1.165) is 32.8 Å². The van der Waals surface area contributed by atoms with Crippen LogP contribution in [-0.2, 0) is 14.3 Å². The third-order valence-corrected chi connectivity index (χ3v) is 4.45. The first-order valence-electron chi connectivity index (χ1n) is 8.13. The number of morpholine rings is 1. The third-order valence-electron chi connectivity index (χ3n) is 4.45. The topological polar surface area (TPSA) is 73.9 Å². The Kier molecular flexibility index (Phi) is 6.60. The highest BCUT2D eigenvalue weighted by atomic mass is 16.5. The van der Waals surface area contributed by atoms with E-state index in [-0.39, 0.29) is 23.8 Å². The minimum atomic E-state index is -0.207. The van der Waals surface area contributed by atoms with Gasteiger partial charge in [-0.25, -0.2) is 0 Å². The molecule has 2 amide bonds. The molecule has 2 rings (SSSR count). The first-order valence-corrected chi connectivity index (χ1v) is 8.13. The summed E-state index contributed by atoms with van der Waals surface area (Å²) in [5.74, 6) is -0.124. The van der Waals surface area contributed by atoms with Gasteiger partial charge in [0.25, 0.3) is 0 Å². The van der Waals surface area contributed by atoms with Crippen LogP contribution in [0.3, 0.4) is 0 Å². The summed E-state index contributed by atoms with van der Waals surface area (Å²) in [6.07, 6.45) is 0.336. The first kappa shape index (κ1) is 17.2. The minimum absolute atomic E-state index is 0.00989. The van der Waals surface area contributed by atoms with Crippen molar-refractivity contribution in [3.8, 4) is 0 Å². The van der Waals surface area contributed by atoms with Crippen LogP contribution in [0, 0.1) is 5.92 Å². The minimum Gasteiger partial charge on any atom is -0.379 e. The highest BCUT2D eigenvalue weighted by Crippen LogP contribution is 2.17. The molecule has 2 heterocycles. The molecule has 2 fully saturated rings. The van der Waals surface area contributed by atoms with Gasteiger partial charge in [0.1, 0.15) is 0 Å². The number of carbonyl (C=O) groups is 2. The fraction of sp³-hybridized carbons (Fsp3) is 0.867. The summed E-state index contributed by atoms with van der Waals surface area (Å²) in [6.45, 7) is 8.09. The van der Waals surface area contributed by atoms with E-state index in [1.165, 1.54) is 0 Å². The Morgan fingerprint density at radius 2 is 2.09 bits per heavy atom. The summed E-state index contributed by atoms with van der Waals surface area (Å²) in [6, 6.07) is 0.235. The van der Waals surface area contributed by atoms with Crippen LogP contribution in [-0.4, -0.2) is 87.2 Å². The molecule has 2 unspecified atom stereocenters. The summed E-state index contributed by atoms with van der Waals surface area (Å²) in [5.41, 5.74) is 0. The lowest BCUT2D eigenvalue weighted by Crippen LogP contribution is -2.42. The smallest absolute Gasteiger partial charge is 0.225 e. The van der Waals surface area contributed by atoms with E-state index >= 15 is 0 Å². The van der Waals surface area contributed by atoms with Crippen molar-refractivity contribution in [2.24, 2.45) is 5.92 Å². The predicted molar refractivity (Wildman–Crippen MR) is 83.5 cm³/mol. The summed E-state index contributed by atoms with van der Waals surface area (Å²) >= 11 is 0. The lowest BCUT2D eigenvalue weighted by Gasteiger charge is -2.28. The van der Waals surface area contributed by atoms with Crippen LogP contribution in [0.15, 0.2) is 0 Å². The Morgan fingerprint density at radius 1 is 1.36 bits per heavy atom. The van der Waals surface area contributed by atoms with Crippen molar-refractivity contribution in [3.63, 3.8) is 0 Å². The molecule has 0 bridgehead atoms. The number of rotatable bonds is 7. The zero-order chi connectivity index (χ0) is 15.9. The molecule has 7 heteroatoms. The second kappa shape index (κ2) is 8.45. The van der Waals surface area contributed by atoms with Crippen LogP contribution < -0.4 is 10.6 Å². The maximum absolute atomic E-state index is 12.1. The van der Waals surface area contributed by atoms with E-state index in [1.54, 1.807) is 0 Å². The Balaban J connectivity index is 1.71. The SMILES string of the molecule is CNC(C)CNC(=O)C1CC(=O)N(CCN2CCOCC2)C1. The van der Waals surface area contributed by atoms with Gasteiger partial charge >= 0.3 is 0 Å². The van der Waals surface area contributed by atoms with Crippen molar-refractivity contribution in [3.05, 3.63) is 0 Å². The van der Waals surface area contributed by atoms with Gasteiger partial charge in [0, 0.05) is 51.7 Å². The van der Waals surface area contributed by atoms with Crippen molar-refractivity contribution in [2.75, 3.05) is 59.5 Å². The predicted octanol–water partition coefficient (Wildman–Crippen LogP) is -1.11. The monoisotopic (exact) mass is 312 g/mol. The Bertz CT molecular complexity index is 385. The molecule has 0 radical (unpaired) electrons. The Morgan fingerprint density at radius 3 is 2.77 bits per heavy atom. The normalized spacial score (nSPS) is 24.5. The summed E-state index contributed by atoms with van der Waals surface area (Å²) < 4.78 is 5.32. The molecule has 2 N–H and O–H groups in total. The molecular formula is C15H28N4O3. The third kappa shape index (κ3) is 4.93. The van der Waals surface area contributed by atoms with Crippen molar-refractivity contribution >= 4 is 11.8 Å². The molecule has 2 saturated heterocycles. The molecule has 0 spiro atoms. The summed E-state index contributed by atoms with van der Waals surface area (Å²) in [4.78, 5) is 28.3. The van der Waals surface area contributed by atoms with Gasteiger partial charge in [0.2, 0.25) is 11.8 Å². The summed E-state index contributed by atoms with van der Waals surface area (Å²) in [7, 11) is 1.86. The van der Waals surface area contributed by atoms with Crippen molar-refractivity contribution in [1.29, 1.82) is 0 Å². The van der Waals surface area contributed by atoms with Crippen molar-refractivity contribution in [1.82, 2.24) is 20.4 Å². The van der Waals surface area contributed by atoms with Gasteiger partial charge in [-0.05, 0) is 14.0 Å². The van der Waals surface area contributed by atoms with Crippen molar-refractivity contribution < 1.29 is 14.3 Å². The molecule has 0 aliphatic carbocycles. The van der Waals surface area contributed by atoms with Crippen LogP contribution in [0.1, 0.15) is 13.3 Å². The number of hydrogen-bond donors (Lipinski definition) is 2. The lowest BCUT2D eigenvalue weighted by molar-refractivity contribution is -0.129. The van der Waals surface area contributed by atoms with Crippen molar-refractivity contribution in [2.45, 2.75) is 19.4 Å². The van der Waals surface area contributed by atoms with Crippen LogP contribution >= 0.6 is 0 Å². The van der Waals surface area contributed by atoms with Crippen LogP contribution in [0.5, 0.6) is 0 Å². The highest BCUT2D eigenvalue weighted by molar-refractivity contribution is 5.89. The van der Waals surface area contributed by atoms with Gasteiger partial charge in [-0.15, -0.1) is 0 Å². The molecule has 2 aliphatic rings.